The molecule has 0 saturated carbocycles. The molecule has 4 rings (SSSR count). The van der Waals surface area contributed by atoms with Gasteiger partial charge in [-0.25, -0.2) is 4.98 Å². The molecule has 32 heavy (non-hydrogen) atoms. The average Bonchev–Trinajstić information content (AvgIpc) is 3.40. The van der Waals surface area contributed by atoms with E-state index in [4.69, 9.17) is 23.2 Å². The van der Waals surface area contributed by atoms with Crippen LogP contribution in [0.1, 0.15) is 0 Å². The summed E-state index contributed by atoms with van der Waals surface area (Å²) in [7, 11) is 0. The molecule has 3 aromatic heterocycles. The predicted molar refractivity (Wildman–Crippen MR) is 130 cm³/mol. The Balaban J connectivity index is 1.42. The lowest BCUT2D eigenvalue weighted by Crippen LogP contribution is -2.14. The summed E-state index contributed by atoms with van der Waals surface area (Å²) in [6.07, 6.45) is 3.45. The van der Waals surface area contributed by atoms with Gasteiger partial charge in [0, 0.05) is 28.7 Å². The molecule has 0 spiro atoms. The SMILES string of the molecule is C=CCn1c(SCC(=O)Nc2nc(-c3ccc(Cl)cc3Cl)cs2)nnc1-c1ccccn1. The van der Waals surface area contributed by atoms with Gasteiger partial charge in [0.15, 0.2) is 16.1 Å². The van der Waals surface area contributed by atoms with Crippen LogP contribution >= 0.6 is 46.3 Å². The summed E-state index contributed by atoms with van der Waals surface area (Å²) in [5, 5.41) is 15.2. The van der Waals surface area contributed by atoms with Crippen LogP contribution in [0.3, 0.4) is 0 Å². The van der Waals surface area contributed by atoms with E-state index in [1.54, 1.807) is 30.5 Å². The van der Waals surface area contributed by atoms with Crippen LogP contribution in [0.25, 0.3) is 22.8 Å². The van der Waals surface area contributed by atoms with Crippen molar-refractivity contribution in [2.45, 2.75) is 11.7 Å². The van der Waals surface area contributed by atoms with Crippen LogP contribution in [0.2, 0.25) is 10.0 Å². The lowest BCUT2D eigenvalue weighted by molar-refractivity contribution is -0.113. The lowest BCUT2D eigenvalue weighted by atomic mass is 10.2. The quantitative estimate of drug-likeness (QED) is 0.246. The summed E-state index contributed by atoms with van der Waals surface area (Å²) in [6.45, 7) is 4.29. The molecule has 0 saturated heterocycles. The third-order valence-electron chi connectivity index (χ3n) is 4.21. The van der Waals surface area contributed by atoms with Crippen LogP contribution in [0, 0.1) is 0 Å². The number of pyridine rings is 1. The summed E-state index contributed by atoms with van der Waals surface area (Å²) in [5.74, 6) is 0.567. The summed E-state index contributed by atoms with van der Waals surface area (Å²) in [5.41, 5.74) is 2.13. The van der Waals surface area contributed by atoms with Gasteiger partial charge in [-0.2, -0.15) is 0 Å². The maximum Gasteiger partial charge on any atom is 0.236 e. The van der Waals surface area contributed by atoms with E-state index in [1.807, 2.05) is 28.1 Å². The molecule has 0 aliphatic rings. The van der Waals surface area contributed by atoms with Crippen LogP contribution in [0.5, 0.6) is 0 Å². The van der Waals surface area contributed by atoms with Crippen molar-refractivity contribution in [2.24, 2.45) is 0 Å². The van der Waals surface area contributed by atoms with Crippen molar-refractivity contribution >= 4 is 57.3 Å². The van der Waals surface area contributed by atoms with Crippen molar-refractivity contribution in [3.63, 3.8) is 0 Å². The number of anilines is 1. The van der Waals surface area contributed by atoms with E-state index in [-0.39, 0.29) is 11.7 Å². The number of nitrogens with one attached hydrogen (secondary N) is 1. The first kappa shape index (κ1) is 22.5. The Hall–Kier alpha value is -2.72. The zero-order chi connectivity index (χ0) is 22.5. The molecule has 1 N–H and O–H groups in total. The maximum absolute atomic E-state index is 12.5. The van der Waals surface area contributed by atoms with Crippen LogP contribution in [0.15, 0.2) is 65.8 Å². The fraction of sp³-hybridized carbons (Fsp3) is 0.0952. The van der Waals surface area contributed by atoms with E-state index in [2.05, 4.69) is 32.1 Å². The maximum atomic E-state index is 12.5. The van der Waals surface area contributed by atoms with Gasteiger partial charge in [0.2, 0.25) is 5.91 Å². The second kappa shape index (κ2) is 10.3. The molecule has 11 heteroatoms. The molecule has 0 aliphatic heterocycles. The van der Waals surface area contributed by atoms with Crippen LogP contribution in [-0.2, 0) is 11.3 Å². The third kappa shape index (κ3) is 5.18. The molecule has 0 radical (unpaired) electrons. The smallest absolute Gasteiger partial charge is 0.236 e. The van der Waals surface area contributed by atoms with E-state index in [0.717, 1.165) is 5.56 Å². The number of hydrogen-bond donors (Lipinski definition) is 1. The number of rotatable bonds is 8. The molecule has 162 valence electrons. The van der Waals surface area contributed by atoms with Crippen molar-refractivity contribution in [1.29, 1.82) is 0 Å². The van der Waals surface area contributed by atoms with Gasteiger partial charge in [0.25, 0.3) is 0 Å². The Morgan fingerprint density at radius 1 is 1.22 bits per heavy atom. The highest BCUT2D eigenvalue weighted by atomic mass is 35.5. The zero-order valence-corrected chi connectivity index (χ0v) is 19.7. The second-order valence-corrected chi connectivity index (χ2v) is 9.06. The topological polar surface area (TPSA) is 85.6 Å². The molecule has 0 atom stereocenters. The number of allylic oxidation sites excluding steroid dienone is 1. The standard InChI is InChI=1S/C21H16Cl2N6OS2/c1-2-9-29-19(16-5-3-4-8-24-16)27-28-21(29)32-12-18(30)26-20-25-17(11-31-20)14-7-6-13(22)10-15(14)23/h2-8,10-11H,1,9,12H2,(H,25,26,30). The van der Waals surface area contributed by atoms with Crippen molar-refractivity contribution in [3.8, 4) is 22.8 Å². The van der Waals surface area contributed by atoms with Gasteiger partial charge in [0.05, 0.1) is 16.5 Å². The largest absolute Gasteiger partial charge is 0.301 e. The minimum Gasteiger partial charge on any atom is -0.301 e. The molecule has 0 fully saturated rings. The molecule has 7 nitrogen and oxygen atoms in total. The zero-order valence-electron chi connectivity index (χ0n) is 16.5. The Kier molecular flexibility index (Phi) is 7.21. The third-order valence-corrected chi connectivity index (χ3v) is 6.48. The van der Waals surface area contributed by atoms with E-state index in [9.17, 15) is 4.79 Å². The Morgan fingerprint density at radius 3 is 2.84 bits per heavy atom. The highest BCUT2D eigenvalue weighted by molar-refractivity contribution is 7.99. The van der Waals surface area contributed by atoms with Gasteiger partial charge in [-0.15, -0.1) is 28.1 Å². The number of thiazole rings is 1. The number of carbonyl (C=O) groups is 1. The molecule has 0 bridgehead atoms. The first-order valence-electron chi connectivity index (χ1n) is 9.34. The Bertz CT molecular complexity index is 1260. The summed E-state index contributed by atoms with van der Waals surface area (Å²) >= 11 is 14.8. The van der Waals surface area contributed by atoms with Gasteiger partial charge in [0.1, 0.15) is 5.69 Å². The van der Waals surface area contributed by atoms with Crippen molar-refractivity contribution in [1.82, 2.24) is 24.7 Å². The number of nitrogens with zero attached hydrogens (tertiary/aromatic N) is 5. The molecule has 1 amide bonds. The van der Waals surface area contributed by atoms with E-state index in [0.29, 0.717) is 44.1 Å². The van der Waals surface area contributed by atoms with E-state index < -0.39 is 0 Å². The van der Waals surface area contributed by atoms with Gasteiger partial charge in [-0.3, -0.25) is 14.3 Å². The molecule has 3 heterocycles. The molecular formula is C21H16Cl2N6OS2. The average molecular weight is 503 g/mol. The van der Waals surface area contributed by atoms with Gasteiger partial charge in [-0.1, -0.05) is 47.1 Å². The van der Waals surface area contributed by atoms with E-state index >= 15 is 0 Å². The van der Waals surface area contributed by atoms with Gasteiger partial charge in [-0.05, 0) is 30.3 Å². The molecule has 0 aliphatic carbocycles. The molecule has 1 aromatic carbocycles. The van der Waals surface area contributed by atoms with Crippen LogP contribution < -0.4 is 5.32 Å². The van der Waals surface area contributed by atoms with Crippen LogP contribution in [-0.4, -0.2) is 36.4 Å². The van der Waals surface area contributed by atoms with Crippen molar-refractivity contribution in [3.05, 3.63) is 70.7 Å². The fourth-order valence-electron chi connectivity index (χ4n) is 2.81. The number of benzene rings is 1. The fourth-order valence-corrected chi connectivity index (χ4v) is 4.79. The number of aromatic nitrogens is 5. The van der Waals surface area contributed by atoms with Gasteiger partial charge < -0.3 is 5.32 Å². The summed E-state index contributed by atoms with van der Waals surface area (Å²) < 4.78 is 1.87. The number of hydrogen-bond acceptors (Lipinski definition) is 7. The Morgan fingerprint density at radius 2 is 2.09 bits per heavy atom. The summed E-state index contributed by atoms with van der Waals surface area (Å²) in [6, 6.07) is 10.8. The summed E-state index contributed by atoms with van der Waals surface area (Å²) in [4.78, 5) is 21.3. The number of halogens is 2. The highest BCUT2D eigenvalue weighted by Crippen LogP contribution is 2.32. The number of thioether (sulfide) groups is 1. The second-order valence-electron chi connectivity index (χ2n) is 6.42. The monoisotopic (exact) mass is 502 g/mol. The van der Waals surface area contributed by atoms with E-state index in [1.165, 1.54) is 23.1 Å². The lowest BCUT2D eigenvalue weighted by Gasteiger charge is -2.07. The predicted octanol–water partition coefficient (Wildman–Crippen LogP) is 5.69. The Labute approximate surface area is 202 Å². The molecule has 4 aromatic rings. The number of carbonyl (C=O) groups excluding carboxylic acids is 1. The first-order valence-corrected chi connectivity index (χ1v) is 12.0. The number of amides is 1. The van der Waals surface area contributed by atoms with Crippen molar-refractivity contribution < 1.29 is 4.79 Å². The van der Waals surface area contributed by atoms with Gasteiger partial charge >= 0.3 is 0 Å². The normalized spacial score (nSPS) is 10.8. The minimum atomic E-state index is -0.203. The molecular weight excluding hydrogens is 487 g/mol. The first-order chi connectivity index (χ1) is 15.5. The van der Waals surface area contributed by atoms with Crippen LogP contribution in [0.4, 0.5) is 5.13 Å². The van der Waals surface area contributed by atoms with Crippen molar-refractivity contribution in [2.75, 3.05) is 11.1 Å². The minimum absolute atomic E-state index is 0.147. The molecule has 0 unspecified atom stereocenters. The highest BCUT2D eigenvalue weighted by Gasteiger charge is 2.16.